The number of halogens is 1. The second kappa shape index (κ2) is 15.0. The average Bonchev–Trinajstić information content (AvgIpc) is 3.01. The van der Waals surface area contributed by atoms with Crippen molar-refractivity contribution in [1.29, 1.82) is 0 Å². The zero-order valence-electron chi connectivity index (χ0n) is 26.0. The molecule has 1 aromatic heterocycles. The van der Waals surface area contributed by atoms with Crippen LogP contribution in [0.3, 0.4) is 0 Å². The van der Waals surface area contributed by atoms with Gasteiger partial charge < -0.3 is 25.0 Å². The van der Waals surface area contributed by atoms with Gasteiger partial charge in [0.2, 0.25) is 11.9 Å². The first-order valence-electron chi connectivity index (χ1n) is 15.0. The number of aryl methyl sites for hydroxylation is 1. The molecule has 4 rings (SSSR count). The molecular weight excluding hydrogens is 602 g/mol. The lowest BCUT2D eigenvalue weighted by Gasteiger charge is -2.33. The molecule has 0 aliphatic carbocycles. The highest BCUT2D eigenvalue weighted by molar-refractivity contribution is 7.92. The first-order chi connectivity index (χ1) is 21.0. The summed E-state index contributed by atoms with van der Waals surface area (Å²) in [6.07, 6.45) is 4.58. The van der Waals surface area contributed by atoms with Crippen LogP contribution in [0.25, 0.3) is 0 Å². The molecule has 1 amide bonds. The molecule has 2 N–H and O–H groups in total. The van der Waals surface area contributed by atoms with Gasteiger partial charge >= 0.3 is 0 Å². The third kappa shape index (κ3) is 7.99. The van der Waals surface area contributed by atoms with Crippen molar-refractivity contribution in [3.05, 3.63) is 58.7 Å². The molecule has 12 heteroatoms. The highest BCUT2D eigenvalue weighted by atomic mass is 35.5. The maximum Gasteiger partial charge on any atom is 0.229 e. The van der Waals surface area contributed by atoms with Crippen LogP contribution in [0, 0.1) is 6.92 Å². The van der Waals surface area contributed by atoms with Crippen molar-refractivity contribution in [3.8, 4) is 5.75 Å². The van der Waals surface area contributed by atoms with Crippen LogP contribution >= 0.6 is 11.6 Å². The highest BCUT2D eigenvalue weighted by Gasteiger charge is 2.26. The SMILES string of the molecule is CCCOCCC(=O)N1CCC(c2cc(OC)c(Nc3ncc(Cl)c(Nc4ccccc4S(=O)(=O)C(C)C)n3)cc2C)CC1. The largest absolute Gasteiger partial charge is 0.495 e. The Labute approximate surface area is 265 Å². The summed E-state index contributed by atoms with van der Waals surface area (Å²) in [6.45, 7) is 9.99. The Bertz CT molecular complexity index is 1560. The number of amides is 1. The number of nitrogens with zero attached hydrogens (tertiary/aromatic N) is 3. The van der Waals surface area contributed by atoms with Gasteiger partial charge in [-0.1, -0.05) is 30.7 Å². The topological polar surface area (TPSA) is 123 Å². The Hall–Kier alpha value is -3.41. The van der Waals surface area contributed by atoms with Crippen molar-refractivity contribution in [2.75, 3.05) is 44.0 Å². The fourth-order valence-electron chi connectivity index (χ4n) is 5.25. The van der Waals surface area contributed by atoms with Gasteiger partial charge in [-0.15, -0.1) is 0 Å². The Balaban J connectivity index is 1.48. The minimum atomic E-state index is -3.55. The fourth-order valence-corrected chi connectivity index (χ4v) is 6.59. The summed E-state index contributed by atoms with van der Waals surface area (Å²) >= 11 is 6.42. The average molecular weight is 644 g/mol. The number of likely N-dealkylation sites (tertiary alicyclic amines) is 1. The number of hydrogen-bond donors (Lipinski definition) is 2. The molecule has 1 saturated heterocycles. The zero-order valence-corrected chi connectivity index (χ0v) is 27.6. The van der Waals surface area contributed by atoms with Crippen LogP contribution < -0.4 is 15.4 Å². The van der Waals surface area contributed by atoms with Gasteiger partial charge in [0.25, 0.3) is 0 Å². The number of hydrogen-bond acceptors (Lipinski definition) is 9. The molecule has 1 aliphatic heterocycles. The summed E-state index contributed by atoms with van der Waals surface area (Å²) < 4.78 is 37.1. The monoisotopic (exact) mass is 643 g/mol. The van der Waals surface area contributed by atoms with E-state index in [4.69, 9.17) is 21.1 Å². The van der Waals surface area contributed by atoms with E-state index in [0.717, 1.165) is 37.9 Å². The van der Waals surface area contributed by atoms with E-state index in [0.29, 0.717) is 42.7 Å². The summed E-state index contributed by atoms with van der Waals surface area (Å²) in [4.78, 5) is 23.6. The number of anilines is 4. The number of carbonyl (C=O) groups is 1. The van der Waals surface area contributed by atoms with Crippen LogP contribution in [0.5, 0.6) is 5.75 Å². The lowest BCUT2D eigenvalue weighted by atomic mass is 9.86. The molecule has 2 aromatic carbocycles. The van der Waals surface area contributed by atoms with Gasteiger partial charge in [-0.2, -0.15) is 4.98 Å². The van der Waals surface area contributed by atoms with E-state index in [2.05, 4.69) is 34.4 Å². The van der Waals surface area contributed by atoms with E-state index in [9.17, 15) is 13.2 Å². The predicted molar refractivity (Wildman–Crippen MR) is 174 cm³/mol. The van der Waals surface area contributed by atoms with Crippen LogP contribution in [0.2, 0.25) is 5.02 Å². The molecule has 44 heavy (non-hydrogen) atoms. The van der Waals surface area contributed by atoms with Crippen LogP contribution in [-0.4, -0.2) is 67.9 Å². The minimum absolute atomic E-state index is 0.148. The van der Waals surface area contributed by atoms with Crippen molar-refractivity contribution in [2.24, 2.45) is 0 Å². The summed E-state index contributed by atoms with van der Waals surface area (Å²) in [6, 6.07) is 10.7. The second-order valence-electron chi connectivity index (χ2n) is 11.2. The summed E-state index contributed by atoms with van der Waals surface area (Å²) in [5.74, 6) is 1.62. The fraction of sp³-hybridized carbons (Fsp3) is 0.469. The maximum absolute atomic E-state index is 12.9. The van der Waals surface area contributed by atoms with E-state index < -0.39 is 15.1 Å². The first kappa shape index (κ1) is 33.5. The number of para-hydroxylation sites is 1. The van der Waals surface area contributed by atoms with Gasteiger partial charge in [-0.25, -0.2) is 13.4 Å². The van der Waals surface area contributed by atoms with Crippen molar-refractivity contribution in [3.63, 3.8) is 0 Å². The number of piperidine rings is 1. The molecule has 3 aromatic rings. The smallest absolute Gasteiger partial charge is 0.229 e. The zero-order chi connectivity index (χ0) is 31.9. The molecule has 0 unspecified atom stereocenters. The molecule has 0 bridgehead atoms. The molecule has 238 valence electrons. The van der Waals surface area contributed by atoms with E-state index in [-0.39, 0.29) is 27.6 Å². The lowest BCUT2D eigenvalue weighted by Crippen LogP contribution is -2.38. The quantitative estimate of drug-likeness (QED) is 0.197. The third-order valence-electron chi connectivity index (χ3n) is 7.74. The van der Waals surface area contributed by atoms with E-state index in [1.54, 1.807) is 45.2 Å². The molecule has 0 atom stereocenters. The Morgan fingerprint density at radius 1 is 1.11 bits per heavy atom. The first-order valence-corrected chi connectivity index (χ1v) is 16.9. The van der Waals surface area contributed by atoms with Crippen molar-refractivity contribution in [1.82, 2.24) is 14.9 Å². The van der Waals surface area contributed by atoms with Gasteiger partial charge in [-0.05, 0) is 81.3 Å². The van der Waals surface area contributed by atoms with Gasteiger partial charge in [0.1, 0.15) is 10.8 Å². The third-order valence-corrected chi connectivity index (χ3v) is 10.2. The van der Waals surface area contributed by atoms with Gasteiger partial charge in [-0.3, -0.25) is 4.79 Å². The normalized spacial score (nSPS) is 14.1. The molecule has 0 spiro atoms. The second-order valence-corrected chi connectivity index (χ2v) is 14.0. The standard InChI is InChI=1S/C32H42ClN5O5S/c1-6-16-43-17-13-30(39)38-14-11-23(12-15-38)24-19-28(42-5)27(18-22(24)4)36-32-34-20-25(33)31(37-32)35-26-9-7-8-10-29(26)44(40,41)21(2)3/h7-10,18-21,23H,6,11-17H2,1-5H3,(H2,34,35,36,37). The summed E-state index contributed by atoms with van der Waals surface area (Å²) in [5, 5.41) is 5.96. The van der Waals surface area contributed by atoms with Crippen LogP contribution in [-0.2, 0) is 19.4 Å². The number of sulfone groups is 1. The van der Waals surface area contributed by atoms with Crippen molar-refractivity contribution in [2.45, 2.75) is 69.4 Å². The number of ether oxygens (including phenoxy) is 2. The Kier molecular flexibility index (Phi) is 11.5. The van der Waals surface area contributed by atoms with E-state index in [1.807, 2.05) is 17.0 Å². The highest BCUT2D eigenvalue weighted by Crippen LogP contribution is 2.38. The number of rotatable bonds is 13. The van der Waals surface area contributed by atoms with Crippen LogP contribution in [0.15, 0.2) is 47.5 Å². The lowest BCUT2D eigenvalue weighted by molar-refractivity contribution is -0.133. The summed E-state index contributed by atoms with van der Waals surface area (Å²) in [5.41, 5.74) is 3.34. The molecule has 1 aliphatic rings. The van der Waals surface area contributed by atoms with Crippen molar-refractivity contribution < 1.29 is 22.7 Å². The van der Waals surface area contributed by atoms with E-state index >= 15 is 0 Å². The Morgan fingerprint density at radius 3 is 2.52 bits per heavy atom. The van der Waals surface area contributed by atoms with Gasteiger partial charge in [0.15, 0.2) is 15.7 Å². The van der Waals surface area contributed by atoms with Gasteiger partial charge in [0.05, 0.1) is 47.9 Å². The molecule has 10 nitrogen and oxygen atoms in total. The number of nitrogens with one attached hydrogen (secondary N) is 2. The molecule has 1 fully saturated rings. The number of methoxy groups -OCH3 is 1. The number of aromatic nitrogens is 2. The van der Waals surface area contributed by atoms with Crippen LogP contribution in [0.4, 0.5) is 23.1 Å². The van der Waals surface area contributed by atoms with Crippen LogP contribution in [0.1, 0.15) is 63.5 Å². The number of benzene rings is 2. The summed E-state index contributed by atoms with van der Waals surface area (Å²) in [7, 11) is -1.93. The van der Waals surface area contributed by atoms with E-state index in [1.165, 1.54) is 11.8 Å². The Morgan fingerprint density at radius 2 is 1.84 bits per heavy atom. The predicted octanol–water partition coefficient (Wildman–Crippen LogP) is 6.64. The minimum Gasteiger partial charge on any atom is -0.495 e. The molecular formula is C32H42ClN5O5S. The van der Waals surface area contributed by atoms with Crippen molar-refractivity contribution >= 4 is 50.5 Å². The molecule has 0 saturated carbocycles. The molecule has 0 radical (unpaired) electrons. The van der Waals surface area contributed by atoms with Gasteiger partial charge in [0, 0.05) is 19.7 Å². The number of carbonyl (C=O) groups excluding carboxylic acids is 1. The maximum atomic E-state index is 12.9. The molecule has 2 heterocycles.